The smallest absolute Gasteiger partial charge is 0.311 e. The zero-order valence-corrected chi connectivity index (χ0v) is 56.7. The predicted octanol–water partition coefficient (Wildman–Crippen LogP) is 6.90. The third-order valence-electron chi connectivity index (χ3n) is 19.4. The minimum atomic E-state index is -2.92. The van der Waals surface area contributed by atoms with Crippen LogP contribution in [0.5, 0.6) is 0 Å². The van der Waals surface area contributed by atoms with Gasteiger partial charge in [0.25, 0.3) is 8.32 Å². The number of aliphatic hydroxyl groups is 5. The second-order valence-corrected chi connectivity index (χ2v) is 32.0. The molecule has 20 nitrogen and oxygen atoms in total. The number of unbranched alkanes of at least 4 members (excludes halogenated alkanes) is 2. The molecule has 0 aliphatic carbocycles. The van der Waals surface area contributed by atoms with Gasteiger partial charge in [0.15, 0.2) is 12.6 Å². The molecule has 0 bridgehead atoms. The van der Waals surface area contributed by atoms with Crippen LogP contribution in [0.15, 0.2) is 91.1 Å². The van der Waals surface area contributed by atoms with Crippen LogP contribution in [0.25, 0.3) is 11.3 Å². The van der Waals surface area contributed by atoms with Crippen molar-refractivity contribution in [3.63, 3.8) is 0 Å². The van der Waals surface area contributed by atoms with Crippen LogP contribution in [-0.4, -0.2) is 189 Å². The molecule has 0 saturated carbocycles. The molecule has 0 radical (unpaired) electrons. The molecule has 3 aliphatic rings. The first-order valence-electron chi connectivity index (χ1n) is 32.2. The van der Waals surface area contributed by atoms with Crippen LogP contribution in [0, 0.1) is 17.8 Å². The maximum atomic E-state index is 14.6. The molecular weight excluding hydrogens is 1150 g/mol. The van der Waals surface area contributed by atoms with E-state index in [9.17, 15) is 35.1 Å². The Morgan fingerprint density at radius 2 is 1.48 bits per heavy atom. The number of aliphatic hydroxyl groups excluding tert-OH is 3. The number of rotatable bonds is 20. The third kappa shape index (κ3) is 17.0. The number of carbonyl (C=O) groups excluding carboxylic acids is 2. The number of methoxy groups -OCH3 is 1. The van der Waals surface area contributed by atoms with E-state index in [2.05, 4.69) is 65.7 Å². The summed E-state index contributed by atoms with van der Waals surface area (Å²) >= 11 is 0. The highest BCUT2D eigenvalue weighted by molar-refractivity contribution is 6.99. The number of hydrogen-bond donors (Lipinski definition) is 6. The Labute approximate surface area is 530 Å². The average molecular weight is 1260 g/mol. The molecule has 18 atom stereocenters. The van der Waals surface area contributed by atoms with E-state index < -0.39 is 110 Å². The lowest BCUT2D eigenvalue weighted by Crippen LogP contribution is -2.68. The van der Waals surface area contributed by atoms with E-state index in [1.807, 2.05) is 111 Å². The number of carbonyl (C=O) groups is 2. The highest BCUT2D eigenvalue weighted by atomic mass is 28.4. The quantitative estimate of drug-likeness (QED) is 0.0228. The summed E-state index contributed by atoms with van der Waals surface area (Å²) in [5, 5.41) is 71.0. The molecule has 1 amide bonds. The second kappa shape index (κ2) is 30.5. The van der Waals surface area contributed by atoms with Gasteiger partial charge in [-0.1, -0.05) is 138 Å². The van der Waals surface area contributed by atoms with Crippen molar-refractivity contribution >= 4 is 30.6 Å². The molecule has 3 aromatic carbocycles. The molecule has 6 N–H and O–H groups in total. The Balaban J connectivity index is 1.01. The Bertz CT molecular complexity index is 2810. The first-order valence-corrected chi connectivity index (χ1v) is 34.1. The van der Waals surface area contributed by atoms with Crippen molar-refractivity contribution in [2.45, 2.75) is 250 Å². The third-order valence-corrected chi connectivity index (χ3v) is 24.2. The van der Waals surface area contributed by atoms with Crippen LogP contribution in [0.4, 0.5) is 0 Å². The molecule has 3 fully saturated rings. The van der Waals surface area contributed by atoms with Crippen molar-refractivity contribution in [3.8, 4) is 11.3 Å². The van der Waals surface area contributed by atoms with Crippen molar-refractivity contribution in [2.75, 3.05) is 27.7 Å². The van der Waals surface area contributed by atoms with E-state index in [1.54, 1.807) is 41.5 Å². The maximum Gasteiger partial charge on any atom is 0.311 e. The fraction of sp³-hybridized carbons (Fsp3) is 0.676. The summed E-state index contributed by atoms with van der Waals surface area (Å²) in [4.78, 5) is 31.9. The minimum Gasteiger partial charge on any atom is -0.459 e. The molecule has 21 heteroatoms. The molecule has 1 unspecified atom stereocenters. The number of nitrogens with zero attached hydrogens (tertiary/aromatic N) is 5. The lowest BCUT2D eigenvalue weighted by atomic mass is 9.77. The van der Waals surface area contributed by atoms with Crippen molar-refractivity contribution in [2.24, 2.45) is 17.8 Å². The van der Waals surface area contributed by atoms with Gasteiger partial charge in [0, 0.05) is 63.2 Å². The SMILES string of the molecule is CC[C@H]1OC(=O)[C@H](C)[C@H](O[C@@H]2CC(C)(OC)[C@H](O)[C@H](C)O2)[C@H](C)[C@@H](O[C@@H]2O[C@H](C)C[C@H](N(C)Cc3ccc(-c4cn(CCCCCC(=O)NO[Si](c5ccccc5)(c5ccccc5)C(C)(C)C)nn4)cc3)[C@@H]2O)[C@](C)(O)C[C@@H](C)CN(C)[C@H](C)[C@@H](O)[C@]1(C)O. The van der Waals surface area contributed by atoms with Crippen LogP contribution < -0.4 is 15.9 Å². The Morgan fingerprint density at radius 1 is 0.854 bits per heavy atom. The summed E-state index contributed by atoms with van der Waals surface area (Å²) in [5.74, 6) is -2.97. The number of nitrogens with one attached hydrogen (secondary N) is 1. The summed E-state index contributed by atoms with van der Waals surface area (Å²) in [5.41, 5.74) is 0.941. The largest absolute Gasteiger partial charge is 0.459 e. The summed E-state index contributed by atoms with van der Waals surface area (Å²) in [6.07, 6.45) is -4.63. The van der Waals surface area contributed by atoms with E-state index in [4.69, 9.17) is 32.9 Å². The number of esters is 1. The summed E-state index contributed by atoms with van der Waals surface area (Å²) in [7, 11) is 2.39. The number of aryl methyl sites for hydroxylation is 1. The first-order chi connectivity index (χ1) is 41.9. The monoisotopic (exact) mass is 1260 g/mol. The number of amides is 1. The molecule has 1 aromatic heterocycles. The molecule has 4 aromatic rings. The van der Waals surface area contributed by atoms with Gasteiger partial charge in [-0.3, -0.25) is 19.2 Å². The van der Waals surface area contributed by atoms with E-state index in [0.29, 0.717) is 38.9 Å². The zero-order valence-electron chi connectivity index (χ0n) is 55.7. The minimum absolute atomic E-state index is 0.0944. The number of benzene rings is 3. The van der Waals surface area contributed by atoms with Crippen LogP contribution in [0.2, 0.25) is 5.04 Å². The van der Waals surface area contributed by atoms with Crippen molar-refractivity contribution < 1.29 is 68.1 Å². The van der Waals surface area contributed by atoms with E-state index in [0.717, 1.165) is 40.0 Å². The molecule has 7 rings (SSSR count). The Hall–Kier alpha value is -4.56. The zero-order chi connectivity index (χ0) is 65.4. The van der Waals surface area contributed by atoms with Crippen LogP contribution >= 0.6 is 0 Å². The van der Waals surface area contributed by atoms with Gasteiger partial charge >= 0.3 is 5.97 Å². The summed E-state index contributed by atoms with van der Waals surface area (Å²) in [6, 6.07) is 27.5. The van der Waals surface area contributed by atoms with Gasteiger partial charge in [0.05, 0.1) is 47.7 Å². The number of cyclic esters (lactones) is 1. The molecule has 89 heavy (non-hydrogen) atoms. The lowest BCUT2D eigenvalue weighted by molar-refractivity contribution is -0.318. The van der Waals surface area contributed by atoms with Gasteiger partial charge in [-0.25, -0.2) is 5.48 Å². The average Bonchev–Trinajstić information content (AvgIpc) is 1.22. The maximum absolute atomic E-state index is 14.6. The number of ether oxygens (including phenoxy) is 6. The number of hydroxylamine groups is 1. The molecular formula is C68H106N6O14Si. The normalized spacial score (nSPS) is 34.1. The van der Waals surface area contributed by atoms with Gasteiger partial charge in [-0.15, -0.1) is 5.10 Å². The molecule has 3 aliphatic heterocycles. The van der Waals surface area contributed by atoms with E-state index >= 15 is 0 Å². The second-order valence-electron chi connectivity index (χ2n) is 27.8. The number of likely N-dealkylation sites (N-methyl/N-ethyl adjacent to an activating group) is 2. The van der Waals surface area contributed by atoms with Crippen LogP contribution in [-0.2, 0) is 55.6 Å². The fourth-order valence-electron chi connectivity index (χ4n) is 14.0. The molecule has 0 spiro atoms. The van der Waals surface area contributed by atoms with Crippen LogP contribution in [0.1, 0.15) is 147 Å². The molecule has 4 heterocycles. The highest BCUT2D eigenvalue weighted by Crippen LogP contribution is 2.41. The molecule has 3 saturated heterocycles. The highest BCUT2D eigenvalue weighted by Gasteiger charge is 2.54. The van der Waals surface area contributed by atoms with Gasteiger partial charge in [0.1, 0.15) is 35.7 Å². The predicted molar refractivity (Wildman–Crippen MR) is 343 cm³/mol. The van der Waals surface area contributed by atoms with Gasteiger partial charge < -0.3 is 63.4 Å². The van der Waals surface area contributed by atoms with Gasteiger partial charge in [0.2, 0.25) is 5.91 Å². The molecule has 496 valence electrons. The standard InChI is InChI=1S/C68H106N6O14Si/c1-17-55-68(13,81)60(77)47(6)72(14)40-43(2)38-66(11,80)62(45(4)59(46(5)63(79)85-55)86-57-39-67(12,82-16)61(78)48(7)84-57)87-64-58(76)54(37-44(3)83-64)73(15)41-49-32-34-50(35-33-49)53-42-74(71-69-53)36-26-20-25-31-56(75)70-88-89(65(8,9)10,51-27-21-18-22-28-51)52-29-23-19-24-30-52/h18-19,21-24,27-30,32-35,42-48,54-55,57-62,64,76-78,80-81H,17,20,25-26,31,36-41H2,1-16H3,(H,70,75)/t43-,44-,45+,46-,47-,48+,54+,55-,57-,58+,59-,60-,61-,62-,64+,66-,67?,68-/m1/s1. The van der Waals surface area contributed by atoms with E-state index in [1.165, 1.54) is 14.0 Å². The van der Waals surface area contributed by atoms with Gasteiger partial charge in [-0.2, -0.15) is 0 Å². The fourth-order valence-corrected chi connectivity index (χ4v) is 18.2. The van der Waals surface area contributed by atoms with Gasteiger partial charge in [-0.05, 0) is 122 Å². The lowest BCUT2D eigenvalue weighted by Gasteiger charge is -2.49. The Kier molecular flexibility index (Phi) is 24.6. The van der Waals surface area contributed by atoms with E-state index in [-0.39, 0.29) is 42.2 Å². The first kappa shape index (κ1) is 71.9. The van der Waals surface area contributed by atoms with Crippen LogP contribution in [0.3, 0.4) is 0 Å². The summed E-state index contributed by atoms with van der Waals surface area (Å²) in [6.45, 7) is 25.7. The Morgan fingerprint density at radius 3 is 2.08 bits per heavy atom. The van der Waals surface area contributed by atoms with Crippen molar-refractivity contribution in [1.82, 2.24) is 30.3 Å². The summed E-state index contributed by atoms with van der Waals surface area (Å²) < 4.78 is 47.0. The number of aromatic nitrogens is 3. The topological polar surface area (TPSA) is 249 Å². The van der Waals surface area contributed by atoms with Crippen molar-refractivity contribution in [3.05, 3.63) is 96.7 Å². The van der Waals surface area contributed by atoms with Crippen molar-refractivity contribution in [1.29, 1.82) is 0 Å². The number of hydrogen-bond acceptors (Lipinski definition) is 18.